The van der Waals surface area contributed by atoms with E-state index in [2.05, 4.69) is 21.3 Å². The summed E-state index contributed by atoms with van der Waals surface area (Å²) >= 11 is 6.04. The van der Waals surface area contributed by atoms with Crippen LogP contribution in [0.15, 0.2) is 52.3 Å². The summed E-state index contributed by atoms with van der Waals surface area (Å²) in [6.45, 7) is 10.9. The maximum Gasteiger partial charge on any atom is 0.306 e. The van der Waals surface area contributed by atoms with Gasteiger partial charge in [0, 0.05) is 22.1 Å². The number of rotatable bonds is 6. The first kappa shape index (κ1) is 34.2. The number of esters is 1. The lowest BCUT2D eigenvalue weighted by molar-refractivity contribution is -0.140. The van der Waals surface area contributed by atoms with Gasteiger partial charge in [-0.15, -0.1) is 0 Å². The number of halogens is 2. The van der Waals surface area contributed by atoms with Crippen LogP contribution in [0.5, 0.6) is 0 Å². The fourth-order valence-electron chi connectivity index (χ4n) is 4.47. The molecule has 0 radical (unpaired) electrons. The van der Waals surface area contributed by atoms with Gasteiger partial charge in [-0.3, -0.25) is 9.52 Å². The van der Waals surface area contributed by atoms with E-state index in [1.807, 2.05) is 38.1 Å². The third kappa shape index (κ3) is 9.79. The molecule has 1 N–H and O–H groups in total. The number of carbonyl (C=O) groups is 1. The number of hydrogen-bond acceptors (Lipinski definition) is 6. The number of carbonyl (C=O) groups excluding carboxylic acids is 1. The maximum absolute atomic E-state index is 13.0. The molecular weight excluding hydrogens is 605 g/mol. The summed E-state index contributed by atoms with van der Waals surface area (Å²) in [7, 11) is -0.811. The number of sulfonamides is 1. The van der Waals surface area contributed by atoms with Crippen molar-refractivity contribution in [1.82, 2.24) is 0 Å². The normalized spacial score (nSPS) is 11.0. The standard InChI is InChI=1S/C21H22ClNO4S.C9H11ClO2S/c1-14-11-15(2)21(16(3)12-14)28(25,26)23-19-10-9-18(22)13-17(19)7-5-6-8-20(24)27-4;1-6-4-7(2)9(8(3)5-6)13(10,11)12/h9-13,23H,6,8H2,1-4H3;4-5H,1-3H3. The third-order valence-electron chi connectivity index (χ3n) is 5.85. The highest BCUT2D eigenvalue weighted by molar-refractivity contribution is 8.13. The summed E-state index contributed by atoms with van der Waals surface area (Å²) in [6.07, 6.45) is 0.453. The second-order valence-electron chi connectivity index (χ2n) is 9.57. The van der Waals surface area contributed by atoms with Crippen LogP contribution in [0.3, 0.4) is 0 Å². The van der Waals surface area contributed by atoms with Gasteiger partial charge >= 0.3 is 5.97 Å². The van der Waals surface area contributed by atoms with Gasteiger partial charge in [0.1, 0.15) is 0 Å². The Morgan fingerprint density at radius 3 is 1.78 bits per heavy atom. The van der Waals surface area contributed by atoms with E-state index >= 15 is 0 Å². The summed E-state index contributed by atoms with van der Waals surface area (Å²) in [5, 5.41) is 0.433. The molecule has 0 bridgehead atoms. The highest BCUT2D eigenvalue weighted by Crippen LogP contribution is 2.27. The SMILES string of the molecule is COC(=O)CCC#Cc1cc(Cl)ccc1NS(=O)(=O)c1c(C)cc(C)cc1C.Cc1cc(C)c(S(=O)(=O)Cl)c(C)c1. The number of anilines is 1. The minimum Gasteiger partial charge on any atom is -0.469 e. The van der Waals surface area contributed by atoms with Crippen molar-refractivity contribution in [2.45, 2.75) is 64.2 Å². The van der Waals surface area contributed by atoms with Crippen LogP contribution in [0.1, 0.15) is 51.8 Å². The molecule has 0 aliphatic heterocycles. The van der Waals surface area contributed by atoms with Crippen molar-refractivity contribution in [2.75, 3.05) is 11.8 Å². The second-order valence-corrected chi connectivity index (χ2v) is 14.1. The van der Waals surface area contributed by atoms with Crippen LogP contribution in [0.2, 0.25) is 5.02 Å². The first-order valence-corrected chi connectivity index (χ1v) is 16.6. The van der Waals surface area contributed by atoms with Crippen LogP contribution in [0.25, 0.3) is 0 Å². The van der Waals surface area contributed by atoms with Gasteiger partial charge in [-0.1, -0.05) is 58.8 Å². The first-order valence-electron chi connectivity index (χ1n) is 12.4. The molecule has 3 aromatic rings. The molecule has 0 unspecified atom stereocenters. The molecule has 0 fully saturated rings. The van der Waals surface area contributed by atoms with E-state index in [0.29, 0.717) is 44.9 Å². The van der Waals surface area contributed by atoms with E-state index in [1.54, 1.807) is 45.9 Å². The topological polar surface area (TPSA) is 107 Å². The van der Waals surface area contributed by atoms with Gasteiger partial charge in [0.05, 0.1) is 34.6 Å². The smallest absolute Gasteiger partial charge is 0.306 e. The molecule has 220 valence electrons. The Morgan fingerprint density at radius 2 is 1.32 bits per heavy atom. The van der Waals surface area contributed by atoms with Crippen molar-refractivity contribution in [3.63, 3.8) is 0 Å². The van der Waals surface area contributed by atoms with Crippen molar-refractivity contribution in [1.29, 1.82) is 0 Å². The molecule has 0 saturated carbocycles. The lowest BCUT2D eigenvalue weighted by Gasteiger charge is -2.15. The summed E-state index contributed by atoms with van der Waals surface area (Å²) < 4.78 is 55.5. The van der Waals surface area contributed by atoms with Crippen molar-refractivity contribution in [2.24, 2.45) is 0 Å². The predicted molar refractivity (Wildman–Crippen MR) is 165 cm³/mol. The fourth-order valence-corrected chi connectivity index (χ4v) is 7.80. The molecule has 0 amide bonds. The Balaban J connectivity index is 0.000000377. The Labute approximate surface area is 252 Å². The minimum absolute atomic E-state index is 0.160. The molecule has 11 heteroatoms. The van der Waals surface area contributed by atoms with Gasteiger partial charge in [0.15, 0.2) is 0 Å². The number of benzene rings is 3. The van der Waals surface area contributed by atoms with E-state index < -0.39 is 19.1 Å². The lowest BCUT2D eigenvalue weighted by Crippen LogP contribution is -2.16. The monoisotopic (exact) mass is 637 g/mol. The summed E-state index contributed by atoms with van der Waals surface area (Å²) in [5.74, 6) is 5.37. The number of aryl methyl sites for hydroxylation is 6. The molecular formula is C30H33Cl2NO6S2. The largest absolute Gasteiger partial charge is 0.469 e. The zero-order valence-electron chi connectivity index (χ0n) is 24.0. The number of ether oxygens (including phenoxy) is 1. The molecule has 0 aliphatic rings. The van der Waals surface area contributed by atoms with Crippen molar-refractivity contribution < 1.29 is 26.4 Å². The van der Waals surface area contributed by atoms with E-state index in [9.17, 15) is 21.6 Å². The average Bonchev–Trinajstić information content (AvgIpc) is 2.81. The third-order valence-corrected chi connectivity index (χ3v) is 9.35. The predicted octanol–water partition coefficient (Wildman–Crippen LogP) is 6.91. The molecule has 0 aromatic heterocycles. The van der Waals surface area contributed by atoms with Crippen molar-refractivity contribution >= 4 is 53.0 Å². The molecule has 0 heterocycles. The Hall–Kier alpha value is -3.03. The molecule has 3 aromatic carbocycles. The highest BCUT2D eigenvalue weighted by atomic mass is 35.7. The Morgan fingerprint density at radius 1 is 0.829 bits per heavy atom. The van der Waals surface area contributed by atoms with E-state index in [-0.39, 0.29) is 22.2 Å². The number of methoxy groups -OCH3 is 1. The van der Waals surface area contributed by atoms with Crippen LogP contribution >= 0.6 is 22.3 Å². The fraction of sp³-hybridized carbons (Fsp3) is 0.300. The molecule has 3 rings (SSSR count). The minimum atomic E-state index is -3.81. The van der Waals surface area contributed by atoms with Gasteiger partial charge in [-0.05, 0) is 82.0 Å². The van der Waals surface area contributed by atoms with E-state index in [4.69, 9.17) is 22.3 Å². The molecule has 7 nitrogen and oxygen atoms in total. The number of nitrogens with one attached hydrogen (secondary N) is 1. The average molecular weight is 639 g/mol. The van der Waals surface area contributed by atoms with Gasteiger partial charge < -0.3 is 4.74 Å². The first-order chi connectivity index (χ1) is 19.0. The second kappa shape index (κ2) is 14.2. The van der Waals surface area contributed by atoms with Crippen LogP contribution in [-0.4, -0.2) is 29.9 Å². The lowest BCUT2D eigenvalue weighted by atomic mass is 10.1. The molecule has 41 heavy (non-hydrogen) atoms. The van der Waals surface area contributed by atoms with Gasteiger partial charge in [0.2, 0.25) is 0 Å². The van der Waals surface area contributed by atoms with Gasteiger partial charge in [-0.2, -0.15) is 0 Å². The molecule has 0 spiro atoms. The van der Waals surface area contributed by atoms with Crippen LogP contribution in [0, 0.1) is 53.4 Å². The van der Waals surface area contributed by atoms with Gasteiger partial charge in [-0.25, -0.2) is 16.8 Å². The molecule has 0 saturated heterocycles. The summed E-state index contributed by atoms with van der Waals surface area (Å²) in [4.78, 5) is 11.7. The van der Waals surface area contributed by atoms with Gasteiger partial charge in [0.25, 0.3) is 19.1 Å². The van der Waals surface area contributed by atoms with E-state index in [0.717, 1.165) is 11.1 Å². The van der Waals surface area contributed by atoms with Crippen molar-refractivity contribution in [3.05, 3.63) is 86.4 Å². The zero-order chi connectivity index (χ0) is 31.1. The number of hydrogen-bond donors (Lipinski definition) is 1. The van der Waals surface area contributed by atoms with Crippen LogP contribution < -0.4 is 4.72 Å². The summed E-state index contributed by atoms with van der Waals surface area (Å²) in [5.41, 5.74) is 5.55. The van der Waals surface area contributed by atoms with E-state index in [1.165, 1.54) is 7.11 Å². The highest BCUT2D eigenvalue weighted by Gasteiger charge is 2.21. The zero-order valence-corrected chi connectivity index (χ0v) is 27.1. The Kier molecular flexibility index (Phi) is 11.9. The maximum atomic E-state index is 13.0. The van der Waals surface area contributed by atoms with Crippen molar-refractivity contribution in [3.8, 4) is 11.8 Å². The molecule has 0 atom stereocenters. The summed E-state index contributed by atoms with van der Waals surface area (Å²) in [6, 6.07) is 12.0. The quantitative estimate of drug-likeness (QED) is 0.179. The Bertz CT molecular complexity index is 1690. The molecule has 0 aliphatic carbocycles. The van der Waals surface area contributed by atoms with Crippen LogP contribution in [0.4, 0.5) is 5.69 Å². The van der Waals surface area contributed by atoms with Crippen LogP contribution in [-0.2, 0) is 28.6 Å².